The molecule has 0 unspecified atom stereocenters. The Labute approximate surface area is 159 Å². The first-order chi connectivity index (χ1) is 13.2. The lowest BCUT2D eigenvalue weighted by molar-refractivity contribution is 0.328. The lowest BCUT2D eigenvalue weighted by Crippen LogP contribution is -2.26. The summed E-state index contributed by atoms with van der Waals surface area (Å²) in [4.78, 5) is 2.25. The molecular weight excluding hydrogens is 338 g/mol. The molecule has 1 aromatic heterocycles. The van der Waals surface area contributed by atoms with E-state index in [4.69, 9.17) is 10.00 Å². The second-order valence-electron chi connectivity index (χ2n) is 6.37. The zero-order valence-electron chi connectivity index (χ0n) is 15.6. The minimum absolute atomic E-state index is 0.577. The maximum absolute atomic E-state index is 8.98. The quantitative estimate of drug-likeness (QED) is 0.643. The molecular formula is C21H23N5O. The fourth-order valence-electron chi connectivity index (χ4n) is 2.80. The molecule has 0 aliphatic carbocycles. The average Bonchev–Trinajstić information content (AvgIpc) is 3.15. The summed E-state index contributed by atoms with van der Waals surface area (Å²) in [5.41, 5.74) is 3.72. The van der Waals surface area contributed by atoms with Crippen LogP contribution in [0.3, 0.4) is 0 Å². The highest BCUT2D eigenvalue weighted by Gasteiger charge is 2.11. The van der Waals surface area contributed by atoms with Gasteiger partial charge >= 0.3 is 0 Å². The van der Waals surface area contributed by atoms with Crippen molar-refractivity contribution in [2.45, 2.75) is 6.54 Å². The summed E-state index contributed by atoms with van der Waals surface area (Å²) >= 11 is 0. The topological polar surface area (TPSA) is 77.0 Å². The normalized spacial score (nSPS) is 10.7. The van der Waals surface area contributed by atoms with Crippen LogP contribution in [0.2, 0.25) is 0 Å². The fraction of sp³-hybridized carbons (Fsp3) is 0.238. The van der Waals surface area contributed by atoms with E-state index in [0.717, 1.165) is 42.2 Å². The first-order valence-corrected chi connectivity index (χ1v) is 8.84. The van der Waals surface area contributed by atoms with Gasteiger partial charge in [-0.05, 0) is 56.6 Å². The summed E-state index contributed by atoms with van der Waals surface area (Å²) in [6.45, 7) is 2.74. The van der Waals surface area contributed by atoms with Gasteiger partial charge < -0.3 is 15.0 Å². The first-order valence-electron chi connectivity index (χ1n) is 8.84. The first kappa shape index (κ1) is 18.6. The summed E-state index contributed by atoms with van der Waals surface area (Å²) < 4.78 is 5.84. The van der Waals surface area contributed by atoms with Gasteiger partial charge in [0, 0.05) is 37.0 Å². The molecule has 3 rings (SSSR count). The summed E-state index contributed by atoms with van der Waals surface area (Å²) in [6, 6.07) is 17.1. The van der Waals surface area contributed by atoms with Crippen LogP contribution in [0.15, 0.2) is 54.7 Å². The molecule has 0 saturated heterocycles. The van der Waals surface area contributed by atoms with Gasteiger partial charge in [0.1, 0.15) is 11.5 Å². The predicted octanol–water partition coefficient (Wildman–Crippen LogP) is 3.39. The number of nitrogens with zero attached hydrogens (tertiary/aromatic N) is 3. The number of nitrogens with one attached hydrogen (secondary N) is 2. The van der Waals surface area contributed by atoms with Crippen molar-refractivity contribution in [1.29, 1.82) is 5.26 Å². The SMILES string of the molecule is CNCCN(C)Cc1c[nH]nc1-c1ccc(Oc2cccc(C#N)c2)cc1. The van der Waals surface area contributed by atoms with E-state index in [0.29, 0.717) is 11.3 Å². The van der Waals surface area contributed by atoms with Crippen molar-refractivity contribution in [3.63, 3.8) is 0 Å². The predicted molar refractivity (Wildman–Crippen MR) is 106 cm³/mol. The van der Waals surface area contributed by atoms with E-state index in [2.05, 4.69) is 33.5 Å². The number of rotatable bonds is 8. The molecule has 0 aliphatic heterocycles. The van der Waals surface area contributed by atoms with E-state index < -0.39 is 0 Å². The molecule has 2 N–H and O–H groups in total. The second-order valence-corrected chi connectivity index (χ2v) is 6.37. The van der Waals surface area contributed by atoms with Gasteiger partial charge in [-0.3, -0.25) is 5.10 Å². The number of hydrogen-bond acceptors (Lipinski definition) is 5. The Hall–Kier alpha value is -3.14. The van der Waals surface area contributed by atoms with Crippen molar-refractivity contribution < 1.29 is 4.74 Å². The van der Waals surface area contributed by atoms with Crippen LogP contribution in [0.25, 0.3) is 11.3 Å². The Bertz CT molecular complexity index is 911. The molecule has 3 aromatic rings. The van der Waals surface area contributed by atoms with Crippen LogP contribution in [-0.4, -0.2) is 42.3 Å². The van der Waals surface area contributed by atoms with E-state index in [9.17, 15) is 0 Å². The lowest BCUT2D eigenvalue weighted by Gasteiger charge is -2.16. The van der Waals surface area contributed by atoms with Crippen LogP contribution in [0.4, 0.5) is 0 Å². The monoisotopic (exact) mass is 361 g/mol. The van der Waals surface area contributed by atoms with Crippen molar-refractivity contribution in [3.05, 3.63) is 65.9 Å². The number of likely N-dealkylation sites (N-methyl/N-ethyl adjacent to an activating group) is 2. The zero-order chi connectivity index (χ0) is 19.1. The largest absolute Gasteiger partial charge is 0.457 e. The lowest BCUT2D eigenvalue weighted by atomic mass is 10.1. The molecule has 0 fully saturated rings. The standard InChI is InChI=1S/C21H23N5O/c1-23-10-11-26(2)15-18-14-24-25-21(18)17-6-8-19(9-7-17)27-20-5-3-4-16(12-20)13-22/h3-9,12,14,23H,10-11,15H2,1-2H3,(H,24,25). The molecule has 6 heteroatoms. The van der Waals surface area contributed by atoms with E-state index in [1.54, 1.807) is 12.1 Å². The van der Waals surface area contributed by atoms with Crippen LogP contribution in [0, 0.1) is 11.3 Å². The van der Waals surface area contributed by atoms with Gasteiger partial charge in [-0.2, -0.15) is 10.4 Å². The van der Waals surface area contributed by atoms with Gasteiger partial charge in [-0.15, -0.1) is 0 Å². The highest BCUT2D eigenvalue weighted by molar-refractivity contribution is 5.63. The van der Waals surface area contributed by atoms with Gasteiger partial charge in [0.15, 0.2) is 0 Å². The summed E-state index contributed by atoms with van der Waals surface area (Å²) in [6.07, 6.45) is 1.95. The van der Waals surface area contributed by atoms with Crippen LogP contribution in [0.1, 0.15) is 11.1 Å². The van der Waals surface area contributed by atoms with Gasteiger partial charge in [0.05, 0.1) is 17.3 Å². The Morgan fingerprint density at radius 3 is 2.74 bits per heavy atom. The molecule has 27 heavy (non-hydrogen) atoms. The van der Waals surface area contributed by atoms with Crippen molar-refractivity contribution in [3.8, 4) is 28.8 Å². The van der Waals surface area contributed by atoms with Crippen molar-refractivity contribution in [2.24, 2.45) is 0 Å². The Morgan fingerprint density at radius 2 is 2.00 bits per heavy atom. The number of ether oxygens (including phenoxy) is 1. The maximum Gasteiger partial charge on any atom is 0.128 e. The van der Waals surface area contributed by atoms with E-state index in [1.807, 2.05) is 49.6 Å². The van der Waals surface area contributed by atoms with Crippen molar-refractivity contribution in [1.82, 2.24) is 20.4 Å². The molecule has 0 bridgehead atoms. The molecule has 0 aliphatic rings. The third kappa shape index (κ3) is 4.94. The zero-order valence-corrected chi connectivity index (χ0v) is 15.6. The maximum atomic E-state index is 8.98. The number of aromatic amines is 1. The van der Waals surface area contributed by atoms with Crippen molar-refractivity contribution >= 4 is 0 Å². The molecule has 6 nitrogen and oxygen atoms in total. The van der Waals surface area contributed by atoms with E-state index in [1.165, 1.54) is 0 Å². The molecule has 2 aromatic carbocycles. The molecule has 0 spiro atoms. The highest BCUT2D eigenvalue weighted by atomic mass is 16.5. The average molecular weight is 361 g/mol. The number of H-pyrrole nitrogens is 1. The Kier molecular flexibility index (Phi) is 6.21. The highest BCUT2D eigenvalue weighted by Crippen LogP contribution is 2.27. The van der Waals surface area contributed by atoms with Crippen LogP contribution >= 0.6 is 0 Å². The minimum Gasteiger partial charge on any atom is -0.457 e. The summed E-state index contributed by atoms with van der Waals surface area (Å²) in [7, 11) is 4.05. The number of benzene rings is 2. The fourth-order valence-corrected chi connectivity index (χ4v) is 2.80. The smallest absolute Gasteiger partial charge is 0.128 e. The molecule has 0 atom stereocenters. The molecule has 138 valence electrons. The van der Waals surface area contributed by atoms with Gasteiger partial charge in [-0.1, -0.05) is 6.07 Å². The third-order valence-electron chi connectivity index (χ3n) is 4.23. The van der Waals surface area contributed by atoms with Gasteiger partial charge in [0.2, 0.25) is 0 Å². The molecule has 0 amide bonds. The number of aromatic nitrogens is 2. The minimum atomic E-state index is 0.577. The Morgan fingerprint density at radius 1 is 1.19 bits per heavy atom. The van der Waals surface area contributed by atoms with Crippen LogP contribution < -0.4 is 10.1 Å². The second kappa shape index (κ2) is 8.99. The van der Waals surface area contributed by atoms with Crippen molar-refractivity contribution in [2.75, 3.05) is 27.2 Å². The number of nitriles is 1. The summed E-state index contributed by atoms with van der Waals surface area (Å²) in [5, 5.41) is 19.5. The van der Waals surface area contributed by atoms with Crippen LogP contribution in [-0.2, 0) is 6.54 Å². The third-order valence-corrected chi connectivity index (χ3v) is 4.23. The van der Waals surface area contributed by atoms with Gasteiger partial charge in [-0.25, -0.2) is 0 Å². The molecule has 0 saturated carbocycles. The summed E-state index contributed by atoms with van der Waals surface area (Å²) in [5.74, 6) is 1.37. The molecule has 1 heterocycles. The van der Waals surface area contributed by atoms with E-state index >= 15 is 0 Å². The Balaban J connectivity index is 1.71. The number of hydrogen-bond donors (Lipinski definition) is 2. The van der Waals surface area contributed by atoms with E-state index in [-0.39, 0.29) is 0 Å². The van der Waals surface area contributed by atoms with Gasteiger partial charge in [0.25, 0.3) is 0 Å². The molecule has 0 radical (unpaired) electrons. The van der Waals surface area contributed by atoms with Crippen LogP contribution in [0.5, 0.6) is 11.5 Å².